The minimum atomic E-state index is -0.946. The number of benzene rings is 2. The van der Waals surface area contributed by atoms with Crippen LogP contribution in [0, 0.1) is 3.57 Å². The molecule has 0 fully saturated rings. The van der Waals surface area contributed by atoms with Crippen LogP contribution >= 0.6 is 22.6 Å². The number of hydrogen-bond donors (Lipinski definition) is 1. The van der Waals surface area contributed by atoms with E-state index in [4.69, 9.17) is 9.84 Å². The number of halogens is 1. The zero-order valence-electron chi connectivity index (χ0n) is 11.5. The first-order valence-electron chi connectivity index (χ1n) is 6.44. The summed E-state index contributed by atoms with van der Waals surface area (Å²) in [6.45, 7) is 2.26. The highest BCUT2D eigenvalue weighted by molar-refractivity contribution is 14.1. The van der Waals surface area contributed by atoms with Crippen molar-refractivity contribution in [3.8, 4) is 5.75 Å². The second kappa shape index (κ2) is 7.26. The fourth-order valence-corrected chi connectivity index (χ4v) is 2.35. The van der Waals surface area contributed by atoms with Crippen molar-refractivity contribution in [3.63, 3.8) is 0 Å². The summed E-state index contributed by atoms with van der Waals surface area (Å²) in [5, 5.41) is 8.81. The summed E-state index contributed by atoms with van der Waals surface area (Å²) in [6.07, 6.45) is 1.20. The van der Waals surface area contributed by atoms with Crippen molar-refractivity contribution in [1.82, 2.24) is 0 Å². The van der Waals surface area contributed by atoms with Crippen LogP contribution in [0.3, 0.4) is 0 Å². The van der Waals surface area contributed by atoms with Crippen LogP contribution in [0.15, 0.2) is 54.6 Å². The second-order valence-corrected chi connectivity index (χ2v) is 5.75. The Morgan fingerprint density at radius 1 is 1.24 bits per heavy atom. The third-order valence-electron chi connectivity index (χ3n) is 2.96. The molecule has 0 aliphatic heterocycles. The number of carbonyl (C=O) groups is 1. The summed E-state index contributed by atoms with van der Waals surface area (Å²) in [6, 6.07) is 15.6. The van der Waals surface area contributed by atoms with Crippen molar-refractivity contribution in [2.24, 2.45) is 0 Å². The number of allylic oxidation sites excluding steroid dienone is 1. The molecule has 0 spiro atoms. The fraction of sp³-hybridized carbons (Fsp3) is 0.118. The Hall–Kier alpha value is -1.82. The van der Waals surface area contributed by atoms with E-state index < -0.39 is 5.97 Å². The molecule has 0 heterocycles. The molecule has 108 valence electrons. The van der Waals surface area contributed by atoms with Gasteiger partial charge < -0.3 is 9.84 Å². The first-order chi connectivity index (χ1) is 10.1. The standard InChI is InChI=1S/C17H15IO3/c1-12(9-17(19)20)14-7-8-15(18)16(10-14)21-11-13-5-3-2-4-6-13/h2-10H,11H2,1H3,(H,19,20)/b12-9+. The number of rotatable bonds is 5. The van der Waals surface area contributed by atoms with Gasteiger partial charge >= 0.3 is 5.97 Å². The largest absolute Gasteiger partial charge is 0.488 e. The topological polar surface area (TPSA) is 46.5 Å². The Balaban J connectivity index is 2.18. The van der Waals surface area contributed by atoms with E-state index in [1.165, 1.54) is 6.08 Å². The minimum Gasteiger partial charge on any atom is -0.488 e. The fourth-order valence-electron chi connectivity index (χ4n) is 1.86. The zero-order valence-corrected chi connectivity index (χ0v) is 13.7. The van der Waals surface area contributed by atoms with Gasteiger partial charge in [0.25, 0.3) is 0 Å². The van der Waals surface area contributed by atoms with Gasteiger partial charge in [-0.1, -0.05) is 36.4 Å². The van der Waals surface area contributed by atoms with Crippen molar-refractivity contribution in [3.05, 3.63) is 69.3 Å². The van der Waals surface area contributed by atoms with Crippen molar-refractivity contribution in [2.75, 3.05) is 0 Å². The quantitative estimate of drug-likeness (QED) is 0.606. The Kier molecular flexibility index (Phi) is 5.38. The smallest absolute Gasteiger partial charge is 0.328 e. The predicted molar refractivity (Wildman–Crippen MR) is 91.2 cm³/mol. The first kappa shape index (κ1) is 15.6. The van der Waals surface area contributed by atoms with Crippen LogP contribution < -0.4 is 4.74 Å². The Labute approximate surface area is 137 Å². The monoisotopic (exact) mass is 394 g/mol. The average molecular weight is 394 g/mol. The third kappa shape index (κ3) is 4.60. The summed E-state index contributed by atoms with van der Waals surface area (Å²) in [7, 11) is 0. The molecule has 0 atom stereocenters. The lowest BCUT2D eigenvalue weighted by Crippen LogP contribution is -1.98. The van der Waals surface area contributed by atoms with E-state index in [-0.39, 0.29) is 0 Å². The summed E-state index contributed by atoms with van der Waals surface area (Å²) in [5.74, 6) is -0.187. The van der Waals surface area contributed by atoms with Gasteiger partial charge in [0.1, 0.15) is 12.4 Å². The Morgan fingerprint density at radius 2 is 1.95 bits per heavy atom. The van der Waals surface area contributed by atoms with Crippen LogP contribution in [0.25, 0.3) is 5.57 Å². The molecule has 4 heteroatoms. The van der Waals surface area contributed by atoms with Crippen LogP contribution in [-0.4, -0.2) is 11.1 Å². The molecule has 0 bridgehead atoms. The van der Waals surface area contributed by atoms with Crippen LogP contribution in [0.4, 0.5) is 0 Å². The Bertz CT molecular complexity index is 663. The van der Waals surface area contributed by atoms with Crippen LogP contribution in [0.1, 0.15) is 18.1 Å². The van der Waals surface area contributed by atoms with Crippen LogP contribution in [0.2, 0.25) is 0 Å². The normalized spacial score (nSPS) is 11.2. The number of ether oxygens (including phenoxy) is 1. The van der Waals surface area contributed by atoms with Crippen molar-refractivity contribution in [1.29, 1.82) is 0 Å². The van der Waals surface area contributed by atoms with E-state index in [1.54, 1.807) is 6.92 Å². The maximum absolute atomic E-state index is 10.7. The molecule has 0 aliphatic carbocycles. The summed E-state index contributed by atoms with van der Waals surface area (Å²) in [5.41, 5.74) is 2.64. The van der Waals surface area contributed by atoms with Gasteiger partial charge in [-0.2, -0.15) is 0 Å². The predicted octanol–water partition coefficient (Wildman–Crippen LogP) is 4.36. The molecule has 0 unspecified atom stereocenters. The van der Waals surface area contributed by atoms with Crippen LogP contribution in [-0.2, 0) is 11.4 Å². The molecule has 0 radical (unpaired) electrons. The van der Waals surface area contributed by atoms with E-state index in [1.807, 2.05) is 48.5 Å². The molecule has 0 aliphatic rings. The average Bonchev–Trinajstić information content (AvgIpc) is 2.46. The van der Waals surface area contributed by atoms with Gasteiger partial charge in [0, 0.05) is 6.08 Å². The highest BCUT2D eigenvalue weighted by Gasteiger charge is 2.06. The molecule has 3 nitrogen and oxygen atoms in total. The SMILES string of the molecule is C/C(=C\C(=O)O)c1ccc(I)c(OCc2ccccc2)c1. The van der Waals surface area contributed by atoms with Crippen molar-refractivity contribution in [2.45, 2.75) is 13.5 Å². The summed E-state index contributed by atoms with van der Waals surface area (Å²) < 4.78 is 6.83. The molecule has 0 saturated heterocycles. The molecule has 0 aromatic heterocycles. The molecule has 0 amide bonds. The van der Waals surface area contributed by atoms with E-state index >= 15 is 0 Å². The number of carboxylic acids is 1. The molecular weight excluding hydrogens is 379 g/mol. The van der Waals surface area contributed by atoms with Gasteiger partial charge in [-0.3, -0.25) is 0 Å². The van der Waals surface area contributed by atoms with Gasteiger partial charge in [0.15, 0.2) is 0 Å². The highest BCUT2D eigenvalue weighted by Crippen LogP contribution is 2.26. The maximum atomic E-state index is 10.7. The number of carboxylic acid groups (broad SMARTS) is 1. The molecule has 0 saturated carbocycles. The molecule has 21 heavy (non-hydrogen) atoms. The highest BCUT2D eigenvalue weighted by atomic mass is 127. The number of hydrogen-bond acceptors (Lipinski definition) is 2. The van der Waals surface area contributed by atoms with E-state index in [9.17, 15) is 4.79 Å². The van der Waals surface area contributed by atoms with E-state index in [0.717, 1.165) is 20.4 Å². The molecule has 1 N–H and O–H groups in total. The lowest BCUT2D eigenvalue weighted by molar-refractivity contribution is -0.131. The van der Waals surface area contributed by atoms with E-state index in [2.05, 4.69) is 22.6 Å². The van der Waals surface area contributed by atoms with Gasteiger partial charge in [0.2, 0.25) is 0 Å². The zero-order chi connectivity index (χ0) is 15.2. The second-order valence-electron chi connectivity index (χ2n) is 4.59. The van der Waals surface area contributed by atoms with Crippen molar-refractivity contribution >= 4 is 34.1 Å². The van der Waals surface area contributed by atoms with Gasteiger partial charge in [-0.05, 0) is 58.3 Å². The third-order valence-corrected chi connectivity index (χ3v) is 3.85. The van der Waals surface area contributed by atoms with Gasteiger partial charge in [0.05, 0.1) is 3.57 Å². The van der Waals surface area contributed by atoms with Gasteiger partial charge in [-0.25, -0.2) is 4.79 Å². The molecule has 2 aromatic rings. The Morgan fingerprint density at radius 3 is 2.62 bits per heavy atom. The van der Waals surface area contributed by atoms with Crippen LogP contribution in [0.5, 0.6) is 5.75 Å². The summed E-state index contributed by atoms with van der Waals surface area (Å²) in [4.78, 5) is 10.7. The number of aliphatic carboxylic acids is 1. The lowest BCUT2D eigenvalue weighted by atomic mass is 10.1. The maximum Gasteiger partial charge on any atom is 0.328 e. The van der Waals surface area contributed by atoms with Gasteiger partial charge in [-0.15, -0.1) is 0 Å². The van der Waals surface area contributed by atoms with E-state index in [0.29, 0.717) is 12.2 Å². The molecule has 2 rings (SSSR count). The molecule has 2 aromatic carbocycles. The summed E-state index contributed by atoms with van der Waals surface area (Å²) >= 11 is 2.21. The minimum absolute atomic E-state index is 0.488. The lowest BCUT2D eigenvalue weighted by Gasteiger charge is -2.10. The molecular formula is C17H15IO3. The van der Waals surface area contributed by atoms with Crippen molar-refractivity contribution < 1.29 is 14.6 Å². The first-order valence-corrected chi connectivity index (χ1v) is 7.52.